The minimum atomic E-state index is 0.519. The Morgan fingerprint density at radius 2 is 2.00 bits per heavy atom. The third-order valence-corrected chi connectivity index (χ3v) is 2.50. The van der Waals surface area contributed by atoms with E-state index in [4.69, 9.17) is 23.2 Å². The maximum atomic E-state index is 5.68. The Bertz CT molecular complexity index is 202. The summed E-state index contributed by atoms with van der Waals surface area (Å²) in [7, 11) is 0. The molecule has 0 saturated heterocycles. The summed E-state index contributed by atoms with van der Waals surface area (Å²) in [5.41, 5.74) is 0. The maximum absolute atomic E-state index is 5.68. The van der Waals surface area contributed by atoms with Gasteiger partial charge in [0.2, 0.25) is 0 Å². The summed E-state index contributed by atoms with van der Waals surface area (Å²) >= 11 is 14.5. The number of benzene rings is 1. The van der Waals surface area contributed by atoms with Crippen LogP contribution in [0.1, 0.15) is 0 Å². The Labute approximate surface area is 71.9 Å². The van der Waals surface area contributed by atoms with Gasteiger partial charge in [-0.1, -0.05) is 23.2 Å². The highest BCUT2D eigenvalue weighted by Crippen LogP contribution is 2.28. The summed E-state index contributed by atoms with van der Waals surface area (Å²) in [6, 6.07) is 6.14. The van der Waals surface area contributed by atoms with Crippen LogP contribution in [-0.2, 0) is 0 Å². The summed E-state index contributed by atoms with van der Waals surface area (Å²) in [4.78, 5) is 0. The van der Waals surface area contributed by atoms with E-state index in [1.807, 2.05) is 0 Å². The fraction of sp³-hybridized carbons (Fsp3) is 0. The molecular weight excluding hydrogens is 223 g/mol. The van der Waals surface area contributed by atoms with Crippen LogP contribution in [0.3, 0.4) is 0 Å². The Hall–Kier alpha value is 0.280. The zero-order valence-electron chi connectivity index (χ0n) is 4.29. The SMILES string of the molecule is Clc1c[c]cc(Br)c1Cl. The number of hydrogen-bond donors (Lipinski definition) is 0. The average molecular weight is 225 g/mol. The normalized spacial score (nSPS) is 9.67. The molecule has 0 saturated carbocycles. The van der Waals surface area contributed by atoms with Crippen molar-refractivity contribution in [2.75, 3.05) is 0 Å². The molecule has 0 unspecified atom stereocenters. The van der Waals surface area contributed by atoms with Crippen molar-refractivity contribution in [3.63, 3.8) is 0 Å². The Balaban J connectivity index is 3.25. The van der Waals surface area contributed by atoms with Gasteiger partial charge in [-0.05, 0) is 34.1 Å². The highest BCUT2D eigenvalue weighted by atomic mass is 79.9. The van der Waals surface area contributed by atoms with Crippen molar-refractivity contribution in [3.05, 3.63) is 32.7 Å². The summed E-state index contributed by atoms with van der Waals surface area (Å²) in [5.74, 6) is 0. The molecule has 0 aromatic heterocycles. The molecule has 0 N–H and O–H groups in total. The summed E-state index contributed by atoms with van der Waals surface area (Å²) in [6.07, 6.45) is 0. The van der Waals surface area contributed by atoms with Crippen LogP contribution in [-0.4, -0.2) is 0 Å². The lowest BCUT2D eigenvalue weighted by Gasteiger charge is -1.94. The first-order valence-electron chi connectivity index (χ1n) is 2.22. The third kappa shape index (κ3) is 1.60. The highest BCUT2D eigenvalue weighted by molar-refractivity contribution is 9.10. The Kier molecular flexibility index (Phi) is 2.39. The molecule has 0 bridgehead atoms. The van der Waals surface area contributed by atoms with Crippen molar-refractivity contribution in [1.82, 2.24) is 0 Å². The maximum Gasteiger partial charge on any atom is 0.0734 e. The van der Waals surface area contributed by atoms with Crippen LogP contribution >= 0.6 is 39.1 Å². The highest BCUT2D eigenvalue weighted by Gasteiger charge is 1.98. The molecule has 9 heavy (non-hydrogen) atoms. The van der Waals surface area contributed by atoms with Crippen LogP contribution in [0.2, 0.25) is 10.0 Å². The van der Waals surface area contributed by atoms with Crippen molar-refractivity contribution in [1.29, 1.82) is 0 Å². The van der Waals surface area contributed by atoms with E-state index < -0.39 is 0 Å². The van der Waals surface area contributed by atoms with Gasteiger partial charge in [0.05, 0.1) is 10.0 Å². The summed E-state index contributed by atoms with van der Waals surface area (Å²) in [5, 5.41) is 1.06. The molecule has 1 rings (SSSR count). The summed E-state index contributed by atoms with van der Waals surface area (Å²) < 4.78 is 0.775. The zero-order chi connectivity index (χ0) is 6.85. The van der Waals surface area contributed by atoms with Crippen LogP contribution in [0, 0.1) is 6.07 Å². The second-order valence-corrected chi connectivity index (χ2v) is 3.10. The van der Waals surface area contributed by atoms with Crippen molar-refractivity contribution >= 4 is 39.1 Å². The van der Waals surface area contributed by atoms with Gasteiger partial charge in [0.25, 0.3) is 0 Å². The second-order valence-electron chi connectivity index (χ2n) is 1.47. The fourth-order valence-corrected chi connectivity index (χ4v) is 1.16. The first-order valence-corrected chi connectivity index (χ1v) is 3.77. The second kappa shape index (κ2) is 2.91. The van der Waals surface area contributed by atoms with Crippen molar-refractivity contribution in [2.45, 2.75) is 0 Å². The van der Waals surface area contributed by atoms with Crippen molar-refractivity contribution < 1.29 is 0 Å². The van der Waals surface area contributed by atoms with Crippen molar-refractivity contribution in [3.8, 4) is 0 Å². The van der Waals surface area contributed by atoms with E-state index in [0.717, 1.165) is 4.47 Å². The van der Waals surface area contributed by atoms with Gasteiger partial charge in [-0.2, -0.15) is 0 Å². The van der Waals surface area contributed by atoms with Gasteiger partial charge in [-0.3, -0.25) is 0 Å². The van der Waals surface area contributed by atoms with Gasteiger partial charge in [0, 0.05) is 4.47 Å². The Morgan fingerprint density at radius 3 is 2.44 bits per heavy atom. The van der Waals surface area contributed by atoms with E-state index in [2.05, 4.69) is 22.0 Å². The van der Waals surface area contributed by atoms with E-state index in [1.165, 1.54) is 0 Å². The molecule has 0 amide bonds. The first-order chi connectivity index (χ1) is 4.22. The third-order valence-electron chi connectivity index (χ3n) is 0.839. The fourth-order valence-electron chi connectivity index (χ4n) is 0.429. The molecule has 0 heterocycles. The Morgan fingerprint density at radius 1 is 1.33 bits per heavy atom. The number of rotatable bonds is 0. The molecule has 0 spiro atoms. The van der Waals surface area contributed by atoms with E-state index in [-0.39, 0.29) is 0 Å². The van der Waals surface area contributed by atoms with Crippen molar-refractivity contribution in [2.24, 2.45) is 0 Å². The molecule has 47 valence electrons. The smallest absolute Gasteiger partial charge is 0.0734 e. The molecule has 0 aliphatic rings. The van der Waals surface area contributed by atoms with E-state index in [0.29, 0.717) is 10.0 Å². The first kappa shape index (κ1) is 7.39. The molecule has 1 aromatic rings. The average Bonchev–Trinajstić information content (AvgIpc) is 1.83. The van der Waals surface area contributed by atoms with Crippen LogP contribution in [0.25, 0.3) is 0 Å². The van der Waals surface area contributed by atoms with Crippen LogP contribution in [0.15, 0.2) is 16.6 Å². The molecule has 0 fully saturated rings. The standard InChI is InChI=1S/C6H2BrCl2/c7-4-2-1-3-5(8)6(4)9/h2-3H. The van der Waals surface area contributed by atoms with Crippen LogP contribution in [0.4, 0.5) is 0 Å². The molecule has 0 nitrogen and oxygen atoms in total. The van der Waals surface area contributed by atoms with Gasteiger partial charge < -0.3 is 0 Å². The molecule has 0 aliphatic carbocycles. The lowest BCUT2D eigenvalue weighted by molar-refractivity contribution is 1.63. The van der Waals surface area contributed by atoms with Gasteiger partial charge in [0.15, 0.2) is 0 Å². The van der Waals surface area contributed by atoms with E-state index >= 15 is 0 Å². The van der Waals surface area contributed by atoms with Gasteiger partial charge in [-0.15, -0.1) is 0 Å². The van der Waals surface area contributed by atoms with E-state index in [9.17, 15) is 0 Å². The summed E-state index contributed by atoms with van der Waals surface area (Å²) in [6.45, 7) is 0. The minimum absolute atomic E-state index is 0.519. The lowest BCUT2D eigenvalue weighted by atomic mass is 10.4. The number of hydrogen-bond acceptors (Lipinski definition) is 0. The van der Waals surface area contributed by atoms with Crippen LogP contribution in [0.5, 0.6) is 0 Å². The molecule has 1 aromatic carbocycles. The topological polar surface area (TPSA) is 0 Å². The molecule has 0 aliphatic heterocycles. The molecular formula is C6H2BrCl2. The predicted octanol–water partition coefficient (Wildman–Crippen LogP) is 3.56. The quantitative estimate of drug-likeness (QED) is 0.592. The molecule has 0 atom stereocenters. The molecule has 1 radical (unpaired) electrons. The van der Waals surface area contributed by atoms with Gasteiger partial charge >= 0.3 is 0 Å². The monoisotopic (exact) mass is 223 g/mol. The number of halogens is 3. The van der Waals surface area contributed by atoms with Crippen LogP contribution < -0.4 is 0 Å². The predicted molar refractivity (Wildman–Crippen MR) is 43.0 cm³/mol. The van der Waals surface area contributed by atoms with E-state index in [1.54, 1.807) is 12.1 Å². The van der Waals surface area contributed by atoms with Gasteiger partial charge in [-0.25, -0.2) is 0 Å². The van der Waals surface area contributed by atoms with Gasteiger partial charge in [0.1, 0.15) is 0 Å². The lowest BCUT2D eigenvalue weighted by Crippen LogP contribution is -1.68. The zero-order valence-corrected chi connectivity index (χ0v) is 7.39. The minimum Gasteiger partial charge on any atom is -0.0826 e. The molecule has 3 heteroatoms. The largest absolute Gasteiger partial charge is 0.0826 e.